The number of thiazole rings is 1. The van der Waals surface area contributed by atoms with Gasteiger partial charge in [0.1, 0.15) is 31.4 Å². The van der Waals surface area contributed by atoms with E-state index in [9.17, 15) is 29.1 Å². The monoisotopic (exact) mass is 484 g/mol. The third-order valence-electron chi connectivity index (χ3n) is 5.44. The summed E-state index contributed by atoms with van der Waals surface area (Å²) in [5.74, 6) is -1.59. The van der Waals surface area contributed by atoms with Gasteiger partial charge in [0, 0.05) is 11.8 Å². The first-order valence-corrected chi connectivity index (χ1v) is 10.5. The minimum absolute atomic E-state index is 0.0663. The second kappa shape index (κ2) is 8.99. The first-order valence-electron chi connectivity index (χ1n) is 9.57. The van der Waals surface area contributed by atoms with E-state index in [1.165, 1.54) is 19.4 Å². The van der Waals surface area contributed by atoms with E-state index in [1.807, 2.05) is 0 Å². The molecular formula is C17H22N7O8S+. The van der Waals surface area contributed by atoms with Crippen molar-refractivity contribution in [1.82, 2.24) is 15.2 Å². The topological polar surface area (TPSA) is 217 Å². The van der Waals surface area contributed by atoms with E-state index in [0.717, 1.165) is 16.2 Å². The molecule has 0 radical (unpaired) electrons. The molecule has 0 spiro atoms. The highest BCUT2D eigenvalue weighted by atomic mass is 32.1. The lowest BCUT2D eigenvalue weighted by molar-refractivity contribution is -0.792. The van der Waals surface area contributed by atoms with Gasteiger partial charge in [-0.05, 0) is 6.92 Å². The number of nitrogens with two attached hydrogens (primary N) is 2. The van der Waals surface area contributed by atoms with E-state index in [0.29, 0.717) is 0 Å². The SMILES string of the molecule is CON=C(C(=O)N[C@H]1CN(C(=O)[N@@+]2(C(=O)O)CC(OC(N)=O)CC2C)C1=O)c1csc(N)n1. The van der Waals surface area contributed by atoms with E-state index < -0.39 is 52.7 Å². The molecule has 15 nitrogen and oxygen atoms in total. The van der Waals surface area contributed by atoms with Crippen molar-refractivity contribution in [3.05, 3.63) is 11.1 Å². The van der Waals surface area contributed by atoms with Gasteiger partial charge in [-0.3, -0.25) is 9.59 Å². The molecule has 178 valence electrons. The Balaban J connectivity index is 1.71. The van der Waals surface area contributed by atoms with E-state index in [4.69, 9.17) is 16.2 Å². The summed E-state index contributed by atoms with van der Waals surface area (Å²) in [7, 11) is 1.22. The number of anilines is 1. The second-order valence-electron chi connectivity index (χ2n) is 7.43. The van der Waals surface area contributed by atoms with Crippen LogP contribution in [0.25, 0.3) is 0 Å². The highest BCUT2D eigenvalue weighted by Gasteiger charge is 2.62. The number of amides is 6. The molecule has 6 N–H and O–H groups in total. The molecule has 1 aromatic rings. The van der Waals surface area contributed by atoms with Crippen molar-refractivity contribution in [3.8, 4) is 0 Å². The number of oxime groups is 1. The predicted octanol–water partition coefficient (Wildman–Crippen LogP) is -0.726. The third kappa shape index (κ3) is 4.29. The minimum atomic E-state index is -1.50. The van der Waals surface area contributed by atoms with Gasteiger partial charge in [-0.15, -0.1) is 15.8 Å². The highest BCUT2D eigenvalue weighted by Crippen LogP contribution is 2.33. The molecule has 0 aliphatic carbocycles. The van der Waals surface area contributed by atoms with Crippen LogP contribution in [-0.2, 0) is 19.2 Å². The van der Waals surface area contributed by atoms with Crippen molar-refractivity contribution in [2.45, 2.75) is 31.5 Å². The molecule has 3 rings (SSSR count). The van der Waals surface area contributed by atoms with Crippen molar-refractivity contribution in [2.24, 2.45) is 10.9 Å². The smallest absolute Gasteiger partial charge is 0.440 e. The summed E-state index contributed by atoms with van der Waals surface area (Å²) in [5, 5.41) is 17.5. The van der Waals surface area contributed by atoms with Gasteiger partial charge in [-0.25, -0.2) is 19.5 Å². The zero-order chi connectivity index (χ0) is 24.5. The fraction of sp³-hybridized carbons (Fsp3) is 0.471. The highest BCUT2D eigenvalue weighted by molar-refractivity contribution is 7.13. The third-order valence-corrected chi connectivity index (χ3v) is 6.12. The molecule has 16 heteroatoms. The fourth-order valence-corrected chi connectivity index (χ4v) is 4.39. The average Bonchev–Trinajstić information content (AvgIpc) is 3.30. The van der Waals surface area contributed by atoms with Crippen LogP contribution >= 0.6 is 11.3 Å². The Labute approximate surface area is 190 Å². The standard InChI is InChI=1S/C17H21N7O8S/c1-7-3-8(32-15(19)27)5-24(7,17(29)30)16(28)23-4-9(13(23)26)20-12(25)11(22-31-2)10-6-33-14(18)21-10/h6-9H,3-5H2,1-2H3,(H5-,18,19,20,21,25,27,29,30)/p+1/t7?,8?,9-,24+/m0/s1. The van der Waals surface area contributed by atoms with Gasteiger partial charge >= 0.3 is 18.2 Å². The Hall–Kier alpha value is -3.79. The van der Waals surface area contributed by atoms with Crippen LogP contribution in [-0.4, -0.2) is 93.6 Å². The number of hydrogen-bond acceptors (Lipinski definition) is 11. The van der Waals surface area contributed by atoms with Crippen LogP contribution in [0.5, 0.6) is 0 Å². The molecular weight excluding hydrogens is 462 g/mol. The molecule has 3 heterocycles. The number of carboxylic acid groups (broad SMARTS) is 1. The Kier molecular flexibility index (Phi) is 6.50. The number of urea groups is 1. The summed E-state index contributed by atoms with van der Waals surface area (Å²) in [6.07, 6.45) is -3.43. The van der Waals surface area contributed by atoms with Gasteiger partial charge < -0.3 is 31.5 Å². The van der Waals surface area contributed by atoms with E-state index in [2.05, 4.69) is 20.3 Å². The zero-order valence-corrected chi connectivity index (χ0v) is 18.4. The largest absolute Gasteiger partial charge is 0.523 e. The first kappa shape index (κ1) is 23.9. The van der Waals surface area contributed by atoms with Crippen LogP contribution in [0.4, 0.5) is 19.5 Å². The summed E-state index contributed by atoms with van der Waals surface area (Å²) >= 11 is 1.07. The molecule has 2 unspecified atom stereocenters. The van der Waals surface area contributed by atoms with Crippen LogP contribution in [0.2, 0.25) is 0 Å². The van der Waals surface area contributed by atoms with Crippen LogP contribution in [0.1, 0.15) is 19.0 Å². The number of imide groups is 2. The fourth-order valence-electron chi connectivity index (χ4n) is 3.84. The quantitative estimate of drug-likeness (QED) is 0.178. The molecule has 2 aliphatic rings. The summed E-state index contributed by atoms with van der Waals surface area (Å²) < 4.78 is 3.73. The molecule has 6 amide bonds. The van der Waals surface area contributed by atoms with Crippen molar-refractivity contribution in [1.29, 1.82) is 0 Å². The number of hydrogen-bond donors (Lipinski definition) is 4. The second-order valence-corrected chi connectivity index (χ2v) is 8.32. The van der Waals surface area contributed by atoms with Crippen molar-refractivity contribution in [3.63, 3.8) is 0 Å². The average molecular weight is 484 g/mol. The zero-order valence-electron chi connectivity index (χ0n) is 17.6. The summed E-state index contributed by atoms with van der Waals surface area (Å²) in [6.45, 7) is 0.853. The number of quaternary nitrogens is 1. The van der Waals surface area contributed by atoms with Crippen LogP contribution in [0.3, 0.4) is 0 Å². The van der Waals surface area contributed by atoms with Gasteiger partial charge in [0.05, 0.1) is 6.54 Å². The Morgan fingerprint density at radius 2 is 2.09 bits per heavy atom. The molecule has 0 aromatic carbocycles. The number of aromatic nitrogens is 1. The maximum absolute atomic E-state index is 13.1. The molecule has 4 atom stereocenters. The molecule has 2 saturated heterocycles. The van der Waals surface area contributed by atoms with E-state index in [-0.39, 0.29) is 36.0 Å². The van der Waals surface area contributed by atoms with Crippen molar-refractivity contribution < 1.29 is 43.1 Å². The molecule has 33 heavy (non-hydrogen) atoms. The Morgan fingerprint density at radius 3 is 2.61 bits per heavy atom. The molecule has 2 fully saturated rings. The summed E-state index contributed by atoms with van der Waals surface area (Å²) in [5.41, 5.74) is 10.5. The lowest BCUT2D eigenvalue weighted by Crippen LogP contribution is -2.73. The number of carbonyl (C=O) groups is 5. The summed E-state index contributed by atoms with van der Waals surface area (Å²) in [6, 6.07) is -2.89. The number of nitrogens with one attached hydrogen (secondary N) is 1. The number of primary amides is 1. The first-order chi connectivity index (χ1) is 15.5. The Bertz CT molecular complexity index is 1040. The number of β-lactam (4-membered cyclic amide) rings is 1. The van der Waals surface area contributed by atoms with Crippen LogP contribution in [0, 0.1) is 0 Å². The van der Waals surface area contributed by atoms with Gasteiger partial charge in [0.15, 0.2) is 16.9 Å². The van der Waals surface area contributed by atoms with Crippen LogP contribution < -0.4 is 16.8 Å². The maximum atomic E-state index is 13.1. The normalized spacial score (nSPS) is 27.0. The van der Waals surface area contributed by atoms with Crippen molar-refractivity contribution >= 4 is 52.2 Å². The van der Waals surface area contributed by atoms with Gasteiger partial charge in [-0.2, -0.15) is 4.79 Å². The molecule has 2 aliphatic heterocycles. The number of carbonyl (C=O) groups excluding carboxylic acids is 4. The lowest BCUT2D eigenvalue weighted by atomic mass is 10.1. The van der Waals surface area contributed by atoms with Crippen LogP contribution in [0.15, 0.2) is 10.5 Å². The summed E-state index contributed by atoms with van der Waals surface area (Å²) in [4.78, 5) is 70.7. The molecule has 0 saturated carbocycles. The van der Waals surface area contributed by atoms with E-state index in [1.54, 1.807) is 0 Å². The lowest BCUT2D eigenvalue weighted by Gasteiger charge is -2.40. The van der Waals surface area contributed by atoms with Crippen molar-refractivity contribution in [2.75, 3.05) is 25.9 Å². The van der Waals surface area contributed by atoms with E-state index >= 15 is 0 Å². The number of nitrogens with zero attached hydrogens (tertiary/aromatic N) is 4. The number of ether oxygens (including phenoxy) is 1. The minimum Gasteiger partial charge on any atom is -0.440 e. The van der Waals surface area contributed by atoms with Gasteiger partial charge in [0.2, 0.25) is 0 Å². The number of nitrogen functional groups attached to an aromatic ring is 1. The van der Waals surface area contributed by atoms with Gasteiger partial charge in [0.25, 0.3) is 11.8 Å². The Morgan fingerprint density at radius 1 is 1.39 bits per heavy atom. The molecule has 1 aromatic heterocycles. The number of rotatable bonds is 5. The predicted molar refractivity (Wildman–Crippen MR) is 111 cm³/mol. The maximum Gasteiger partial charge on any atom is 0.523 e. The molecule has 0 bridgehead atoms. The number of likely N-dealkylation sites (tertiary alicyclic amines) is 2. The van der Waals surface area contributed by atoms with Gasteiger partial charge in [-0.1, -0.05) is 5.16 Å².